The Morgan fingerprint density at radius 1 is 1.11 bits per heavy atom. The number of β-amino-alcohol motifs (C(OH)–C–C–N with tert-alkyl or cyclic N) is 1. The van der Waals surface area contributed by atoms with Gasteiger partial charge in [-0.15, -0.1) is 0 Å². The van der Waals surface area contributed by atoms with Crippen LogP contribution in [0.1, 0.15) is 11.1 Å². The van der Waals surface area contributed by atoms with Crippen LogP contribution in [0.5, 0.6) is 5.75 Å². The standard InChI is InChI=1S/C23H23F7N4O4/c1-31-11-16(35)12-33-7-8-34(20(33)36)18-10-13(22(25,26)27)9-17(23(28,29)30)19(18)38-21(37)32(2)15-5-3-14(24)4-6-15/h3-6,9-10,16,31,35H,7-8,11-12H2,1-2H3. The highest BCUT2D eigenvalue weighted by Gasteiger charge is 2.44. The van der Waals surface area contributed by atoms with Gasteiger partial charge in [0.2, 0.25) is 0 Å². The Morgan fingerprint density at radius 2 is 1.74 bits per heavy atom. The van der Waals surface area contributed by atoms with Crippen LogP contribution in [0.2, 0.25) is 0 Å². The Bertz CT molecular complexity index is 1170. The summed E-state index contributed by atoms with van der Waals surface area (Å²) in [4.78, 5) is 28.1. The van der Waals surface area contributed by atoms with E-state index < -0.39 is 59.0 Å². The van der Waals surface area contributed by atoms with Gasteiger partial charge >= 0.3 is 24.5 Å². The Balaban J connectivity index is 2.08. The molecular weight excluding hydrogens is 529 g/mol. The summed E-state index contributed by atoms with van der Waals surface area (Å²) in [6.45, 7) is -0.643. The van der Waals surface area contributed by atoms with E-state index in [2.05, 4.69) is 5.32 Å². The van der Waals surface area contributed by atoms with Gasteiger partial charge in [-0.3, -0.25) is 9.80 Å². The zero-order valence-electron chi connectivity index (χ0n) is 20.0. The maximum atomic E-state index is 14.0. The number of rotatable bonds is 7. The number of amides is 3. The van der Waals surface area contributed by atoms with Crippen molar-refractivity contribution in [2.75, 3.05) is 50.1 Å². The van der Waals surface area contributed by atoms with E-state index in [9.17, 15) is 45.4 Å². The van der Waals surface area contributed by atoms with Gasteiger partial charge in [0, 0.05) is 38.9 Å². The average Bonchev–Trinajstić information content (AvgIpc) is 3.17. The van der Waals surface area contributed by atoms with E-state index in [4.69, 9.17) is 4.74 Å². The fraction of sp³-hybridized carbons (Fsp3) is 0.391. The van der Waals surface area contributed by atoms with E-state index in [1.54, 1.807) is 0 Å². The highest BCUT2D eigenvalue weighted by molar-refractivity contribution is 5.97. The molecule has 0 aromatic heterocycles. The van der Waals surface area contributed by atoms with Crippen molar-refractivity contribution in [3.05, 3.63) is 53.3 Å². The van der Waals surface area contributed by atoms with Gasteiger partial charge in [0.15, 0.2) is 5.75 Å². The Morgan fingerprint density at radius 3 is 2.29 bits per heavy atom. The number of benzene rings is 2. The lowest BCUT2D eigenvalue weighted by atomic mass is 10.1. The fourth-order valence-corrected chi connectivity index (χ4v) is 3.75. The molecule has 208 valence electrons. The van der Waals surface area contributed by atoms with Crippen molar-refractivity contribution < 1.29 is 50.2 Å². The van der Waals surface area contributed by atoms with Gasteiger partial charge in [-0.05, 0) is 43.4 Å². The SMILES string of the molecule is CNCC(O)CN1CCN(c2cc(C(F)(F)F)cc(C(F)(F)F)c2OC(=O)N(C)c2ccc(F)cc2)C1=O. The summed E-state index contributed by atoms with van der Waals surface area (Å²) in [5.41, 5.74) is -4.55. The lowest BCUT2D eigenvalue weighted by molar-refractivity contribution is -0.143. The van der Waals surface area contributed by atoms with Crippen LogP contribution < -0.4 is 19.9 Å². The Hall–Kier alpha value is -3.59. The molecule has 1 unspecified atom stereocenters. The minimum atomic E-state index is -5.41. The molecule has 2 aromatic carbocycles. The molecular formula is C23H23F7N4O4. The number of hydrogen-bond donors (Lipinski definition) is 2. The highest BCUT2D eigenvalue weighted by atomic mass is 19.4. The summed E-state index contributed by atoms with van der Waals surface area (Å²) in [6, 6.07) is 3.31. The monoisotopic (exact) mass is 552 g/mol. The third-order valence-corrected chi connectivity index (χ3v) is 5.64. The first-order chi connectivity index (χ1) is 17.6. The molecule has 38 heavy (non-hydrogen) atoms. The molecule has 8 nitrogen and oxygen atoms in total. The van der Waals surface area contributed by atoms with Gasteiger partial charge in [-0.2, -0.15) is 26.3 Å². The van der Waals surface area contributed by atoms with Crippen LogP contribution in [0.15, 0.2) is 36.4 Å². The van der Waals surface area contributed by atoms with Crippen LogP contribution >= 0.6 is 0 Å². The zero-order chi connectivity index (χ0) is 28.4. The molecule has 0 saturated carbocycles. The van der Waals surface area contributed by atoms with Crippen molar-refractivity contribution in [1.29, 1.82) is 0 Å². The number of alkyl halides is 6. The quantitative estimate of drug-likeness (QED) is 0.500. The molecule has 1 atom stereocenters. The Kier molecular flexibility index (Phi) is 8.41. The van der Waals surface area contributed by atoms with Gasteiger partial charge in [0.05, 0.1) is 17.4 Å². The number of halogens is 7. The van der Waals surface area contributed by atoms with Crippen molar-refractivity contribution in [3.8, 4) is 5.75 Å². The van der Waals surface area contributed by atoms with Crippen molar-refractivity contribution >= 4 is 23.5 Å². The molecule has 2 aromatic rings. The first-order valence-corrected chi connectivity index (χ1v) is 11.1. The number of hydrogen-bond acceptors (Lipinski definition) is 5. The number of aliphatic hydroxyl groups excluding tert-OH is 1. The highest BCUT2D eigenvalue weighted by Crippen LogP contribution is 2.47. The van der Waals surface area contributed by atoms with Crippen molar-refractivity contribution in [2.45, 2.75) is 18.5 Å². The molecule has 0 bridgehead atoms. The molecule has 2 N–H and O–H groups in total. The number of urea groups is 1. The third-order valence-electron chi connectivity index (χ3n) is 5.64. The number of anilines is 2. The van der Waals surface area contributed by atoms with Crippen LogP contribution in [-0.4, -0.2) is 68.5 Å². The number of nitrogens with zero attached hydrogens (tertiary/aromatic N) is 3. The smallest absolute Gasteiger partial charge is 0.407 e. The van der Waals surface area contributed by atoms with Gasteiger partial charge < -0.3 is 20.1 Å². The second kappa shape index (κ2) is 11.0. The molecule has 3 amide bonds. The van der Waals surface area contributed by atoms with E-state index in [-0.39, 0.29) is 37.9 Å². The predicted octanol–water partition coefficient (Wildman–Crippen LogP) is 4.32. The Labute approximate surface area is 212 Å². The van der Waals surface area contributed by atoms with E-state index >= 15 is 0 Å². The summed E-state index contributed by atoms with van der Waals surface area (Å²) in [6.07, 6.45) is -13.1. The largest absolute Gasteiger partial charge is 0.420 e. The van der Waals surface area contributed by atoms with Crippen LogP contribution in [-0.2, 0) is 12.4 Å². The second-order valence-electron chi connectivity index (χ2n) is 8.36. The first kappa shape index (κ1) is 29.0. The maximum absolute atomic E-state index is 14.0. The number of carbonyl (C=O) groups excluding carboxylic acids is 2. The fourth-order valence-electron chi connectivity index (χ4n) is 3.75. The summed E-state index contributed by atoms with van der Waals surface area (Å²) >= 11 is 0. The minimum Gasteiger partial charge on any atom is -0.407 e. The topological polar surface area (TPSA) is 85.3 Å². The molecule has 0 aliphatic carbocycles. The molecule has 1 heterocycles. The lowest BCUT2D eigenvalue weighted by Crippen LogP contribution is -2.40. The van der Waals surface area contributed by atoms with Gasteiger partial charge in [0.1, 0.15) is 11.4 Å². The normalized spacial score (nSPS) is 15.2. The van der Waals surface area contributed by atoms with E-state index in [1.807, 2.05) is 0 Å². The van der Waals surface area contributed by atoms with Crippen LogP contribution in [0.25, 0.3) is 0 Å². The molecule has 15 heteroatoms. The van der Waals surface area contributed by atoms with Crippen LogP contribution in [0.4, 0.5) is 51.7 Å². The molecule has 1 saturated heterocycles. The first-order valence-electron chi connectivity index (χ1n) is 11.1. The van der Waals surface area contributed by atoms with Crippen LogP contribution in [0.3, 0.4) is 0 Å². The lowest BCUT2D eigenvalue weighted by Gasteiger charge is -2.26. The minimum absolute atomic E-state index is 0.0142. The number of nitrogens with one attached hydrogen (secondary N) is 1. The number of likely N-dealkylation sites (N-methyl/N-ethyl adjacent to an activating group) is 1. The van der Waals surface area contributed by atoms with E-state index in [0.29, 0.717) is 15.9 Å². The maximum Gasteiger partial charge on any atom is 0.420 e. The predicted molar refractivity (Wildman–Crippen MR) is 122 cm³/mol. The van der Waals surface area contributed by atoms with Gasteiger partial charge in [-0.25, -0.2) is 14.0 Å². The molecule has 0 radical (unpaired) electrons. The number of ether oxygens (including phenoxy) is 1. The van der Waals surface area contributed by atoms with Crippen LogP contribution in [0, 0.1) is 5.82 Å². The summed E-state index contributed by atoms with van der Waals surface area (Å²) in [7, 11) is 2.63. The van der Waals surface area contributed by atoms with Crippen molar-refractivity contribution in [2.24, 2.45) is 0 Å². The second-order valence-corrected chi connectivity index (χ2v) is 8.36. The third kappa shape index (κ3) is 6.45. The van der Waals surface area contributed by atoms with E-state index in [1.165, 1.54) is 7.05 Å². The number of aliphatic hydroxyl groups is 1. The number of carbonyl (C=O) groups is 2. The van der Waals surface area contributed by atoms with E-state index in [0.717, 1.165) is 36.2 Å². The molecule has 3 rings (SSSR count). The average molecular weight is 552 g/mol. The van der Waals surface area contributed by atoms with Gasteiger partial charge in [0.25, 0.3) is 0 Å². The van der Waals surface area contributed by atoms with Crippen molar-refractivity contribution in [1.82, 2.24) is 10.2 Å². The molecule has 1 aliphatic heterocycles. The molecule has 0 spiro atoms. The van der Waals surface area contributed by atoms with Crippen molar-refractivity contribution in [3.63, 3.8) is 0 Å². The summed E-state index contributed by atoms with van der Waals surface area (Å²) in [5.74, 6) is -1.97. The summed E-state index contributed by atoms with van der Waals surface area (Å²) in [5, 5.41) is 12.6. The van der Waals surface area contributed by atoms with Gasteiger partial charge in [-0.1, -0.05) is 0 Å². The zero-order valence-corrected chi connectivity index (χ0v) is 20.0. The molecule has 1 aliphatic rings. The summed E-state index contributed by atoms with van der Waals surface area (Å²) < 4.78 is 101. The molecule has 1 fully saturated rings.